The number of methoxy groups -OCH3 is 1. The minimum Gasteiger partial charge on any atom is -0.497 e. The number of rotatable bonds is 9. The molecule has 209 valence electrons. The standard InChI is InChI=1S/C31H36BN2O5S/c1-7-22-13-18-29(33-20-22)34(21-23-11-14-25(38-6)15-12-23)40(36,37)26-16-17-27-24(19-26)9-8-10-28(27)32-39-31(4,5)30(2,3)35/h7-19,35H,20-21H2,1-6H3/b22-7-. The molecule has 1 radical (unpaired) electrons. The number of amidine groups is 1. The van der Waals surface area contributed by atoms with Crippen molar-refractivity contribution >= 4 is 39.6 Å². The van der Waals surface area contributed by atoms with Gasteiger partial charge in [-0.05, 0) is 92.3 Å². The van der Waals surface area contributed by atoms with Crippen LogP contribution in [0.4, 0.5) is 0 Å². The number of aliphatic hydroxyl groups is 1. The zero-order chi connectivity index (χ0) is 29.1. The number of sulfonamides is 1. The van der Waals surface area contributed by atoms with Crippen LogP contribution in [0, 0.1) is 0 Å². The normalized spacial score (nSPS) is 15.3. The molecule has 0 aliphatic carbocycles. The lowest BCUT2D eigenvalue weighted by Gasteiger charge is -2.37. The summed E-state index contributed by atoms with van der Waals surface area (Å²) in [6.45, 7) is 9.50. The van der Waals surface area contributed by atoms with Gasteiger partial charge in [0.25, 0.3) is 10.0 Å². The number of ether oxygens (including phenoxy) is 1. The minimum absolute atomic E-state index is 0.117. The number of fused-ring (bicyclic) bond motifs is 1. The van der Waals surface area contributed by atoms with Crippen LogP contribution in [0.15, 0.2) is 94.4 Å². The molecule has 0 fully saturated rings. The minimum atomic E-state index is -3.97. The number of benzene rings is 3. The highest BCUT2D eigenvalue weighted by molar-refractivity contribution is 7.89. The van der Waals surface area contributed by atoms with Crippen molar-refractivity contribution in [2.24, 2.45) is 4.99 Å². The second kappa shape index (κ2) is 11.6. The Morgan fingerprint density at radius 2 is 1.77 bits per heavy atom. The highest BCUT2D eigenvalue weighted by Gasteiger charge is 2.36. The maximum Gasteiger partial charge on any atom is 0.331 e. The Labute approximate surface area is 238 Å². The molecule has 1 aliphatic rings. The van der Waals surface area contributed by atoms with Crippen molar-refractivity contribution in [3.05, 3.63) is 90.0 Å². The number of aliphatic imine (C=N–C) groups is 1. The van der Waals surface area contributed by atoms with Crippen molar-refractivity contribution in [1.29, 1.82) is 0 Å². The van der Waals surface area contributed by atoms with E-state index in [1.165, 1.54) is 4.31 Å². The molecule has 4 rings (SSSR count). The van der Waals surface area contributed by atoms with E-state index in [0.29, 0.717) is 18.1 Å². The van der Waals surface area contributed by atoms with Gasteiger partial charge >= 0.3 is 7.48 Å². The molecule has 0 saturated heterocycles. The number of allylic oxidation sites excluding steroid dienone is 1. The van der Waals surface area contributed by atoms with E-state index in [0.717, 1.165) is 27.4 Å². The Balaban J connectivity index is 1.70. The monoisotopic (exact) mass is 559 g/mol. The zero-order valence-corrected chi connectivity index (χ0v) is 24.7. The average Bonchev–Trinajstić information content (AvgIpc) is 2.94. The topological polar surface area (TPSA) is 88.4 Å². The van der Waals surface area contributed by atoms with Gasteiger partial charge in [-0.25, -0.2) is 12.7 Å². The van der Waals surface area contributed by atoms with E-state index in [9.17, 15) is 13.5 Å². The lowest BCUT2D eigenvalue weighted by Crippen LogP contribution is -2.49. The summed E-state index contributed by atoms with van der Waals surface area (Å²) in [6, 6.07) is 18.0. The van der Waals surface area contributed by atoms with Crippen LogP contribution in [0.3, 0.4) is 0 Å². The third-order valence-corrected chi connectivity index (χ3v) is 9.16. The third-order valence-electron chi connectivity index (χ3n) is 7.41. The van der Waals surface area contributed by atoms with Crippen molar-refractivity contribution in [2.45, 2.75) is 57.3 Å². The van der Waals surface area contributed by atoms with E-state index >= 15 is 0 Å². The summed E-state index contributed by atoms with van der Waals surface area (Å²) < 4.78 is 40.8. The first kappa shape index (κ1) is 29.6. The Bertz CT molecular complexity index is 1570. The lowest BCUT2D eigenvalue weighted by atomic mass is 9.80. The molecule has 0 spiro atoms. The molecule has 7 nitrogen and oxygen atoms in total. The van der Waals surface area contributed by atoms with Gasteiger partial charge in [-0.15, -0.1) is 0 Å². The molecular formula is C31H36BN2O5S. The van der Waals surface area contributed by atoms with Crippen LogP contribution < -0.4 is 10.2 Å². The first-order valence-electron chi connectivity index (χ1n) is 13.2. The highest BCUT2D eigenvalue weighted by Crippen LogP contribution is 2.27. The molecule has 0 atom stereocenters. The maximum atomic E-state index is 14.1. The van der Waals surface area contributed by atoms with E-state index in [2.05, 4.69) is 4.99 Å². The van der Waals surface area contributed by atoms with E-state index in [1.807, 2.05) is 75.4 Å². The molecule has 1 heterocycles. The maximum absolute atomic E-state index is 14.1. The van der Waals surface area contributed by atoms with Crippen LogP contribution in [0.1, 0.15) is 40.2 Å². The predicted molar refractivity (Wildman–Crippen MR) is 162 cm³/mol. The van der Waals surface area contributed by atoms with E-state index in [1.54, 1.807) is 52.7 Å². The van der Waals surface area contributed by atoms with E-state index < -0.39 is 21.2 Å². The van der Waals surface area contributed by atoms with Crippen molar-refractivity contribution in [3.63, 3.8) is 0 Å². The Morgan fingerprint density at radius 3 is 2.38 bits per heavy atom. The van der Waals surface area contributed by atoms with Crippen molar-refractivity contribution in [1.82, 2.24) is 4.31 Å². The van der Waals surface area contributed by atoms with Crippen molar-refractivity contribution in [3.8, 4) is 5.75 Å². The summed E-state index contributed by atoms with van der Waals surface area (Å²) in [6.07, 6.45) is 5.61. The van der Waals surface area contributed by atoms with Crippen LogP contribution in [0.2, 0.25) is 0 Å². The third kappa shape index (κ3) is 6.32. The number of nitrogens with zero attached hydrogens (tertiary/aromatic N) is 2. The summed E-state index contributed by atoms with van der Waals surface area (Å²) in [5.74, 6) is 1.08. The molecule has 40 heavy (non-hydrogen) atoms. The van der Waals surface area contributed by atoms with Gasteiger partial charge in [0.15, 0.2) is 0 Å². The molecule has 3 aromatic carbocycles. The molecule has 0 unspecified atom stereocenters. The summed E-state index contributed by atoms with van der Waals surface area (Å²) in [5, 5.41) is 12.0. The van der Waals surface area contributed by atoms with Crippen molar-refractivity contribution in [2.75, 3.05) is 13.7 Å². The number of hydrogen-bond acceptors (Lipinski definition) is 6. The molecule has 9 heteroatoms. The summed E-state index contributed by atoms with van der Waals surface area (Å²) in [7, 11) is -0.763. The first-order chi connectivity index (χ1) is 18.9. The van der Waals surface area contributed by atoms with E-state index in [4.69, 9.17) is 9.39 Å². The molecule has 0 bridgehead atoms. The Hall–Kier alpha value is -3.40. The quantitative estimate of drug-likeness (QED) is 0.382. The van der Waals surface area contributed by atoms with Crippen LogP contribution in [-0.2, 0) is 21.2 Å². The largest absolute Gasteiger partial charge is 0.497 e. The summed E-state index contributed by atoms with van der Waals surface area (Å²) in [4.78, 5) is 4.75. The second-order valence-electron chi connectivity index (χ2n) is 10.8. The Morgan fingerprint density at radius 1 is 1.05 bits per heavy atom. The number of dihydropyridines is 1. The van der Waals surface area contributed by atoms with Crippen LogP contribution in [0.25, 0.3) is 10.8 Å². The molecule has 3 aromatic rings. The second-order valence-corrected chi connectivity index (χ2v) is 12.6. The molecular weight excluding hydrogens is 523 g/mol. The zero-order valence-electron chi connectivity index (χ0n) is 23.9. The molecule has 1 N–H and O–H groups in total. The van der Waals surface area contributed by atoms with Crippen molar-refractivity contribution < 1.29 is 22.9 Å². The van der Waals surface area contributed by atoms with Gasteiger partial charge in [-0.3, -0.25) is 4.99 Å². The fourth-order valence-corrected chi connectivity index (χ4v) is 5.48. The van der Waals surface area contributed by atoms with Gasteiger partial charge in [0, 0.05) is 0 Å². The summed E-state index contributed by atoms with van der Waals surface area (Å²) >= 11 is 0. The number of hydrogen-bond donors (Lipinski definition) is 1. The van der Waals surface area contributed by atoms with Crippen LogP contribution >= 0.6 is 0 Å². The van der Waals surface area contributed by atoms with Gasteiger partial charge in [-0.2, -0.15) is 0 Å². The highest BCUT2D eigenvalue weighted by atomic mass is 32.2. The molecule has 0 amide bonds. The van der Waals surface area contributed by atoms with Gasteiger partial charge in [0.1, 0.15) is 11.6 Å². The fraction of sp³-hybridized carbons (Fsp3) is 0.323. The smallest absolute Gasteiger partial charge is 0.331 e. The summed E-state index contributed by atoms with van der Waals surface area (Å²) in [5.41, 5.74) is 0.720. The molecule has 0 aromatic heterocycles. The van der Waals surface area contributed by atoms with Gasteiger partial charge < -0.3 is 14.5 Å². The average molecular weight is 560 g/mol. The van der Waals surface area contributed by atoms with Gasteiger partial charge in [0.2, 0.25) is 0 Å². The predicted octanol–water partition coefficient (Wildman–Crippen LogP) is 4.76. The van der Waals surface area contributed by atoms with Crippen LogP contribution in [-0.4, -0.2) is 56.0 Å². The Kier molecular flexibility index (Phi) is 8.59. The van der Waals surface area contributed by atoms with Gasteiger partial charge in [0.05, 0.1) is 36.3 Å². The van der Waals surface area contributed by atoms with Crippen LogP contribution in [0.5, 0.6) is 5.75 Å². The van der Waals surface area contributed by atoms with Gasteiger partial charge in [-0.1, -0.05) is 48.6 Å². The lowest BCUT2D eigenvalue weighted by molar-refractivity contribution is -0.0893. The first-order valence-corrected chi connectivity index (χ1v) is 14.6. The molecule has 0 saturated carbocycles. The molecule has 1 aliphatic heterocycles. The fourth-order valence-electron chi connectivity index (χ4n) is 4.03. The SMILES string of the molecule is C/C=C1/C=CC(N(Cc2ccc(OC)cc2)S(=O)(=O)c2ccc3c([B]OC(C)(C)C(C)(C)O)cccc3c2)=NC1. The van der Waals surface area contributed by atoms with E-state index in [-0.39, 0.29) is 11.4 Å².